The predicted molar refractivity (Wildman–Crippen MR) is 86.8 cm³/mol. The van der Waals surface area contributed by atoms with E-state index < -0.39 is 10.7 Å². The van der Waals surface area contributed by atoms with E-state index >= 15 is 0 Å². The highest BCUT2D eigenvalue weighted by Gasteiger charge is 2.60. The van der Waals surface area contributed by atoms with Crippen LogP contribution in [0.15, 0.2) is 0 Å². The summed E-state index contributed by atoms with van der Waals surface area (Å²) < 4.78 is 0. The molecule has 0 radical (unpaired) electrons. The van der Waals surface area contributed by atoms with Crippen molar-refractivity contribution in [2.75, 3.05) is 6.54 Å². The van der Waals surface area contributed by atoms with Crippen LogP contribution in [0.2, 0.25) is 0 Å². The molecule has 0 aromatic rings. The van der Waals surface area contributed by atoms with Crippen LogP contribution in [-0.4, -0.2) is 17.2 Å². The molecule has 5 heteroatoms. The van der Waals surface area contributed by atoms with Gasteiger partial charge >= 0.3 is 0 Å². The fourth-order valence-corrected chi connectivity index (χ4v) is 5.95. The van der Waals surface area contributed by atoms with E-state index in [0.717, 1.165) is 51.4 Å². The van der Waals surface area contributed by atoms with Crippen LogP contribution in [0.1, 0.15) is 79.1 Å². The maximum absolute atomic E-state index is 11.2. The van der Waals surface area contributed by atoms with Crippen molar-refractivity contribution in [3.05, 3.63) is 10.1 Å². The molecule has 0 saturated heterocycles. The van der Waals surface area contributed by atoms with E-state index in [4.69, 9.17) is 10.6 Å². The Morgan fingerprint density at radius 3 is 2.14 bits per heavy atom. The van der Waals surface area contributed by atoms with Crippen molar-refractivity contribution >= 4 is 0 Å². The maximum atomic E-state index is 11.2. The Bertz CT molecular complexity index is 440. The molecule has 0 aromatic carbocycles. The molecule has 0 amide bonds. The SMILES string of the molecule is CCC1(C)CC2(CC)CC(C)(CCN)CC(O[N+](=O)[O-])(C1)C2. The lowest BCUT2D eigenvalue weighted by Gasteiger charge is -2.62. The summed E-state index contributed by atoms with van der Waals surface area (Å²) >= 11 is 0. The van der Waals surface area contributed by atoms with Crippen LogP contribution in [0.5, 0.6) is 0 Å². The second-order valence-corrected chi connectivity index (χ2v) is 8.75. The number of fused-ring (bicyclic) bond motifs is 2. The van der Waals surface area contributed by atoms with Crippen LogP contribution in [0.4, 0.5) is 0 Å². The third-order valence-electron chi connectivity index (χ3n) is 6.42. The van der Waals surface area contributed by atoms with Crippen molar-refractivity contribution in [3.8, 4) is 0 Å². The molecule has 0 spiro atoms. The van der Waals surface area contributed by atoms with Gasteiger partial charge in [0.2, 0.25) is 0 Å². The molecule has 2 aliphatic rings. The fourth-order valence-electron chi connectivity index (χ4n) is 5.95. The van der Waals surface area contributed by atoms with Crippen molar-refractivity contribution in [3.63, 3.8) is 0 Å². The average Bonchev–Trinajstić information content (AvgIpc) is 2.35. The van der Waals surface area contributed by atoms with Gasteiger partial charge in [-0.2, -0.15) is 0 Å². The van der Waals surface area contributed by atoms with Gasteiger partial charge in [-0.25, -0.2) is 0 Å². The van der Waals surface area contributed by atoms with Crippen LogP contribution in [0.3, 0.4) is 0 Å². The molecule has 128 valence electrons. The first-order valence-electron chi connectivity index (χ1n) is 8.67. The number of nitrogens with zero attached hydrogens (tertiary/aromatic N) is 1. The minimum absolute atomic E-state index is 0.0497. The van der Waals surface area contributed by atoms with Gasteiger partial charge in [0.1, 0.15) is 5.60 Å². The van der Waals surface area contributed by atoms with E-state index in [2.05, 4.69) is 27.7 Å². The first-order valence-corrected chi connectivity index (χ1v) is 8.67. The van der Waals surface area contributed by atoms with Crippen molar-refractivity contribution in [2.45, 2.75) is 84.7 Å². The molecule has 0 aliphatic heterocycles. The first kappa shape index (κ1) is 17.5. The summed E-state index contributed by atoms with van der Waals surface area (Å²) in [6.07, 6.45) is 7.67. The van der Waals surface area contributed by atoms with Gasteiger partial charge in [-0.05, 0) is 61.3 Å². The van der Waals surface area contributed by atoms with E-state index in [-0.39, 0.29) is 16.2 Å². The van der Waals surface area contributed by atoms with Gasteiger partial charge in [0, 0.05) is 0 Å². The highest BCUT2D eigenvalue weighted by atomic mass is 17.0. The van der Waals surface area contributed by atoms with Crippen LogP contribution in [0, 0.1) is 26.4 Å². The van der Waals surface area contributed by atoms with E-state index in [1.54, 1.807) is 0 Å². The third-order valence-corrected chi connectivity index (χ3v) is 6.42. The minimum Gasteiger partial charge on any atom is -0.330 e. The summed E-state index contributed by atoms with van der Waals surface area (Å²) in [4.78, 5) is 16.6. The Labute approximate surface area is 134 Å². The zero-order valence-electron chi connectivity index (χ0n) is 14.6. The normalized spacial score (nSPS) is 44.6. The quantitative estimate of drug-likeness (QED) is 0.592. The van der Waals surface area contributed by atoms with Gasteiger partial charge in [-0.15, -0.1) is 10.1 Å². The number of nitrogens with two attached hydrogens (primary N) is 1. The summed E-state index contributed by atoms with van der Waals surface area (Å²) in [5.41, 5.74) is 5.55. The molecule has 2 N–H and O–H groups in total. The van der Waals surface area contributed by atoms with E-state index in [1.807, 2.05) is 0 Å². The van der Waals surface area contributed by atoms with Gasteiger partial charge in [-0.1, -0.05) is 40.5 Å². The van der Waals surface area contributed by atoms with E-state index in [1.165, 1.54) is 0 Å². The summed E-state index contributed by atoms with van der Waals surface area (Å²) in [6, 6.07) is 0. The maximum Gasteiger partial charge on any atom is 0.295 e. The molecule has 5 nitrogen and oxygen atoms in total. The topological polar surface area (TPSA) is 78.4 Å². The second-order valence-electron chi connectivity index (χ2n) is 8.75. The lowest BCUT2D eigenvalue weighted by Crippen LogP contribution is -2.58. The highest BCUT2D eigenvalue weighted by molar-refractivity contribution is 5.10. The van der Waals surface area contributed by atoms with E-state index in [9.17, 15) is 10.1 Å². The Balaban J connectivity index is 2.43. The Morgan fingerprint density at radius 2 is 1.64 bits per heavy atom. The van der Waals surface area contributed by atoms with Gasteiger partial charge in [0.05, 0.1) is 0 Å². The van der Waals surface area contributed by atoms with Crippen molar-refractivity contribution in [1.29, 1.82) is 0 Å². The number of rotatable bonds is 6. The zero-order chi connectivity index (χ0) is 16.6. The third kappa shape index (κ3) is 3.24. The van der Waals surface area contributed by atoms with Gasteiger partial charge in [-0.3, -0.25) is 0 Å². The summed E-state index contributed by atoms with van der Waals surface area (Å²) in [5, 5.41) is 10.6. The lowest BCUT2D eigenvalue weighted by atomic mass is 9.46. The predicted octanol–water partition coefficient (Wildman–Crippen LogP) is 4.08. The molecule has 2 saturated carbocycles. The molecule has 22 heavy (non-hydrogen) atoms. The van der Waals surface area contributed by atoms with Gasteiger partial charge in [0.25, 0.3) is 5.09 Å². The fraction of sp³-hybridized carbons (Fsp3) is 1.00. The van der Waals surface area contributed by atoms with Crippen molar-refractivity contribution in [1.82, 2.24) is 0 Å². The minimum atomic E-state index is -0.620. The lowest BCUT2D eigenvalue weighted by molar-refractivity contribution is -0.785. The molecule has 0 heterocycles. The summed E-state index contributed by atoms with van der Waals surface area (Å²) in [7, 11) is 0. The van der Waals surface area contributed by atoms with Crippen LogP contribution in [0.25, 0.3) is 0 Å². The zero-order valence-corrected chi connectivity index (χ0v) is 14.6. The molecule has 2 bridgehead atoms. The van der Waals surface area contributed by atoms with Crippen LogP contribution in [-0.2, 0) is 4.84 Å². The summed E-state index contributed by atoms with van der Waals surface area (Å²) in [5.74, 6) is 0. The Kier molecular flexibility index (Phi) is 4.51. The van der Waals surface area contributed by atoms with Crippen LogP contribution < -0.4 is 5.73 Å². The molecule has 2 aliphatic carbocycles. The van der Waals surface area contributed by atoms with Gasteiger partial charge in [0.15, 0.2) is 0 Å². The summed E-state index contributed by atoms with van der Waals surface area (Å²) in [6.45, 7) is 9.59. The van der Waals surface area contributed by atoms with Crippen molar-refractivity contribution < 1.29 is 9.92 Å². The number of hydrogen-bond acceptors (Lipinski definition) is 4. The molecule has 4 unspecified atom stereocenters. The number of hydrogen-bond donors (Lipinski definition) is 1. The molecule has 4 atom stereocenters. The van der Waals surface area contributed by atoms with Gasteiger partial charge < -0.3 is 10.6 Å². The Morgan fingerprint density at radius 1 is 1.05 bits per heavy atom. The smallest absolute Gasteiger partial charge is 0.295 e. The molecular formula is C17H32N2O3. The highest BCUT2D eigenvalue weighted by Crippen LogP contribution is 2.65. The Hall–Kier alpha value is -0.840. The molecule has 2 fully saturated rings. The molecule has 0 aromatic heterocycles. The largest absolute Gasteiger partial charge is 0.330 e. The standard InChI is InChI=1S/C17H32N2O3/c1-5-14(3)9-16(6-2)10-15(4,7-8-18)12-17(11-14,13-16)22-19(20)21/h5-13,18H2,1-4H3. The second kappa shape index (κ2) is 5.66. The molecule has 2 rings (SSSR count). The first-order chi connectivity index (χ1) is 10.1. The van der Waals surface area contributed by atoms with E-state index in [0.29, 0.717) is 6.54 Å². The van der Waals surface area contributed by atoms with Crippen LogP contribution >= 0.6 is 0 Å². The molecular weight excluding hydrogens is 280 g/mol. The monoisotopic (exact) mass is 312 g/mol. The van der Waals surface area contributed by atoms with Crippen molar-refractivity contribution in [2.24, 2.45) is 22.0 Å². The average molecular weight is 312 g/mol.